The van der Waals surface area contributed by atoms with Gasteiger partial charge < -0.3 is 25.0 Å². The number of nitrogen functional groups attached to an aromatic ring is 1. The topological polar surface area (TPSA) is 80.7 Å². The van der Waals surface area contributed by atoms with Crippen LogP contribution in [0.5, 0.6) is 0 Å². The fraction of sp³-hybridized carbons (Fsp3) is 0.583. The lowest BCUT2D eigenvalue weighted by molar-refractivity contribution is 0.0646. The number of nitrogens with two attached hydrogens (primary N) is 1. The largest absolute Gasteiger partial charge is 0.397 e. The second kappa shape index (κ2) is 7.03. The van der Waals surface area contributed by atoms with E-state index >= 15 is 0 Å². The molecule has 0 saturated carbocycles. The number of rotatable bonds is 7. The zero-order valence-electron chi connectivity index (χ0n) is 10.9. The minimum Gasteiger partial charge on any atom is -0.397 e. The predicted molar refractivity (Wildman–Crippen MR) is 69.4 cm³/mol. The van der Waals surface area contributed by atoms with Crippen LogP contribution in [0.15, 0.2) is 12.3 Å². The lowest BCUT2D eigenvalue weighted by Crippen LogP contribution is -2.37. The first kappa shape index (κ1) is 14.5. The average Bonchev–Trinajstić information content (AvgIpc) is 2.75. The van der Waals surface area contributed by atoms with Gasteiger partial charge in [-0.2, -0.15) is 0 Å². The smallest absolute Gasteiger partial charge is 0.270 e. The van der Waals surface area contributed by atoms with E-state index in [9.17, 15) is 4.79 Å². The van der Waals surface area contributed by atoms with Crippen molar-refractivity contribution >= 4 is 11.6 Å². The summed E-state index contributed by atoms with van der Waals surface area (Å²) in [5, 5.41) is 9.00. The van der Waals surface area contributed by atoms with Gasteiger partial charge in [0.15, 0.2) is 0 Å². The SMILES string of the molecule is CCn1cc(N)cc1C(=O)N(CCO)CCOC. The molecule has 0 saturated heterocycles. The number of hydrogen-bond donors (Lipinski definition) is 2. The molecule has 0 unspecified atom stereocenters. The molecule has 0 atom stereocenters. The zero-order valence-corrected chi connectivity index (χ0v) is 10.9. The monoisotopic (exact) mass is 255 g/mol. The van der Waals surface area contributed by atoms with Crippen molar-refractivity contribution in [3.05, 3.63) is 18.0 Å². The van der Waals surface area contributed by atoms with Gasteiger partial charge in [-0.15, -0.1) is 0 Å². The number of aromatic nitrogens is 1. The molecule has 0 radical (unpaired) electrons. The number of aliphatic hydroxyl groups is 1. The summed E-state index contributed by atoms with van der Waals surface area (Å²) in [6.07, 6.45) is 1.74. The first-order chi connectivity index (χ1) is 8.63. The highest BCUT2D eigenvalue weighted by Gasteiger charge is 2.18. The third-order valence-corrected chi connectivity index (χ3v) is 2.70. The highest BCUT2D eigenvalue weighted by atomic mass is 16.5. The van der Waals surface area contributed by atoms with Crippen molar-refractivity contribution in [3.63, 3.8) is 0 Å². The van der Waals surface area contributed by atoms with Crippen LogP contribution in [-0.2, 0) is 11.3 Å². The molecule has 1 aromatic heterocycles. The first-order valence-electron chi connectivity index (χ1n) is 5.98. The second-order valence-corrected chi connectivity index (χ2v) is 3.95. The van der Waals surface area contributed by atoms with E-state index in [-0.39, 0.29) is 19.1 Å². The van der Waals surface area contributed by atoms with E-state index in [1.165, 1.54) is 0 Å². The molecular weight excluding hydrogens is 234 g/mol. The maximum absolute atomic E-state index is 12.3. The van der Waals surface area contributed by atoms with Gasteiger partial charge in [0.2, 0.25) is 0 Å². The van der Waals surface area contributed by atoms with Crippen LogP contribution in [0.4, 0.5) is 5.69 Å². The highest BCUT2D eigenvalue weighted by Crippen LogP contribution is 2.13. The van der Waals surface area contributed by atoms with E-state index in [0.717, 1.165) is 0 Å². The maximum atomic E-state index is 12.3. The third-order valence-electron chi connectivity index (χ3n) is 2.70. The number of hydrogen-bond acceptors (Lipinski definition) is 4. The Balaban J connectivity index is 2.86. The molecule has 0 bridgehead atoms. The Hall–Kier alpha value is -1.53. The number of carbonyl (C=O) groups is 1. The lowest BCUT2D eigenvalue weighted by atomic mass is 10.3. The molecule has 0 aliphatic carbocycles. The van der Waals surface area contributed by atoms with Gasteiger partial charge in [0.25, 0.3) is 5.91 Å². The molecule has 1 aromatic rings. The van der Waals surface area contributed by atoms with Crippen molar-refractivity contribution in [2.24, 2.45) is 0 Å². The molecule has 0 aromatic carbocycles. The minimum atomic E-state index is -0.139. The fourth-order valence-corrected chi connectivity index (χ4v) is 1.77. The normalized spacial score (nSPS) is 10.6. The molecule has 6 nitrogen and oxygen atoms in total. The van der Waals surface area contributed by atoms with Crippen molar-refractivity contribution < 1.29 is 14.6 Å². The van der Waals surface area contributed by atoms with Gasteiger partial charge in [-0.25, -0.2) is 0 Å². The Kier molecular flexibility index (Phi) is 5.67. The van der Waals surface area contributed by atoms with Gasteiger partial charge in [0, 0.05) is 32.9 Å². The van der Waals surface area contributed by atoms with Crippen LogP contribution in [-0.4, -0.2) is 53.9 Å². The molecule has 3 N–H and O–H groups in total. The molecule has 0 fully saturated rings. The fourth-order valence-electron chi connectivity index (χ4n) is 1.77. The molecule has 0 spiro atoms. The van der Waals surface area contributed by atoms with Gasteiger partial charge >= 0.3 is 0 Å². The zero-order chi connectivity index (χ0) is 13.5. The summed E-state index contributed by atoms with van der Waals surface area (Å²) in [6, 6.07) is 1.66. The molecule has 1 amide bonds. The first-order valence-corrected chi connectivity index (χ1v) is 5.98. The Labute approximate surface area is 107 Å². The number of anilines is 1. The van der Waals surface area contributed by atoms with E-state index in [1.807, 2.05) is 6.92 Å². The van der Waals surface area contributed by atoms with E-state index in [4.69, 9.17) is 15.6 Å². The quantitative estimate of drug-likeness (QED) is 0.728. The Morgan fingerprint density at radius 1 is 1.56 bits per heavy atom. The van der Waals surface area contributed by atoms with E-state index in [1.54, 1.807) is 28.8 Å². The van der Waals surface area contributed by atoms with Crippen molar-refractivity contribution in [1.82, 2.24) is 9.47 Å². The molecule has 18 heavy (non-hydrogen) atoms. The lowest BCUT2D eigenvalue weighted by Gasteiger charge is -2.21. The van der Waals surface area contributed by atoms with Gasteiger partial charge in [0.1, 0.15) is 5.69 Å². The molecule has 0 aliphatic rings. The predicted octanol–water partition coefficient (Wildman–Crippen LogP) is 0.171. The van der Waals surface area contributed by atoms with E-state index in [0.29, 0.717) is 31.1 Å². The number of nitrogens with zero attached hydrogens (tertiary/aromatic N) is 2. The molecule has 6 heteroatoms. The molecule has 1 rings (SSSR count). The number of aryl methyl sites for hydroxylation is 1. The average molecular weight is 255 g/mol. The van der Waals surface area contributed by atoms with Gasteiger partial charge in [-0.1, -0.05) is 0 Å². The standard InChI is InChI=1S/C12H21N3O3/c1-3-14-9-10(13)8-11(14)12(17)15(4-6-16)5-7-18-2/h8-9,16H,3-7,13H2,1-2H3. The number of methoxy groups -OCH3 is 1. The van der Waals surface area contributed by atoms with Gasteiger partial charge in [-0.3, -0.25) is 4.79 Å². The Morgan fingerprint density at radius 2 is 2.28 bits per heavy atom. The summed E-state index contributed by atoms with van der Waals surface area (Å²) in [6.45, 7) is 3.73. The summed E-state index contributed by atoms with van der Waals surface area (Å²) in [5.41, 5.74) is 6.81. The molecule has 1 heterocycles. The number of amides is 1. The summed E-state index contributed by atoms with van der Waals surface area (Å²) in [7, 11) is 1.58. The van der Waals surface area contributed by atoms with Crippen LogP contribution in [0.2, 0.25) is 0 Å². The van der Waals surface area contributed by atoms with Crippen LogP contribution in [0, 0.1) is 0 Å². The second-order valence-electron chi connectivity index (χ2n) is 3.95. The van der Waals surface area contributed by atoms with Crippen molar-refractivity contribution in [3.8, 4) is 0 Å². The number of aliphatic hydroxyl groups excluding tert-OH is 1. The Bertz CT molecular complexity index is 390. The summed E-state index contributed by atoms with van der Waals surface area (Å²) < 4.78 is 6.76. The van der Waals surface area contributed by atoms with Gasteiger partial charge in [0.05, 0.1) is 18.9 Å². The maximum Gasteiger partial charge on any atom is 0.270 e. The minimum absolute atomic E-state index is 0.0717. The number of ether oxygens (including phenoxy) is 1. The van der Waals surface area contributed by atoms with Crippen LogP contribution >= 0.6 is 0 Å². The van der Waals surface area contributed by atoms with Gasteiger partial charge in [-0.05, 0) is 13.0 Å². The van der Waals surface area contributed by atoms with E-state index in [2.05, 4.69) is 0 Å². The van der Waals surface area contributed by atoms with Crippen molar-refractivity contribution in [2.75, 3.05) is 39.1 Å². The van der Waals surface area contributed by atoms with E-state index < -0.39 is 0 Å². The molecular formula is C12H21N3O3. The summed E-state index contributed by atoms with van der Waals surface area (Å²) >= 11 is 0. The van der Waals surface area contributed by atoms with Crippen LogP contribution < -0.4 is 5.73 Å². The van der Waals surface area contributed by atoms with Crippen LogP contribution in [0.1, 0.15) is 17.4 Å². The third kappa shape index (κ3) is 3.48. The van der Waals surface area contributed by atoms with Crippen LogP contribution in [0.3, 0.4) is 0 Å². The van der Waals surface area contributed by atoms with Crippen molar-refractivity contribution in [1.29, 1.82) is 0 Å². The van der Waals surface area contributed by atoms with Crippen molar-refractivity contribution in [2.45, 2.75) is 13.5 Å². The number of carbonyl (C=O) groups excluding carboxylic acids is 1. The van der Waals surface area contributed by atoms with Crippen LogP contribution in [0.25, 0.3) is 0 Å². The molecule has 0 aliphatic heterocycles. The summed E-state index contributed by atoms with van der Waals surface area (Å²) in [5.74, 6) is -0.139. The summed E-state index contributed by atoms with van der Waals surface area (Å²) in [4.78, 5) is 13.9. The molecule has 102 valence electrons. The highest BCUT2D eigenvalue weighted by molar-refractivity contribution is 5.93. The Morgan fingerprint density at radius 3 is 2.83 bits per heavy atom.